The molecule has 0 aliphatic carbocycles. The second-order valence-electron chi connectivity index (χ2n) is 4.29. The number of aldehydes is 1. The molecule has 0 bridgehead atoms. The summed E-state index contributed by atoms with van der Waals surface area (Å²) in [6, 6.07) is 13.9. The highest BCUT2D eigenvalue weighted by Crippen LogP contribution is 2.27. The van der Waals surface area contributed by atoms with Gasteiger partial charge in [0.25, 0.3) is 0 Å². The van der Waals surface area contributed by atoms with Crippen molar-refractivity contribution in [1.29, 1.82) is 0 Å². The number of nitrogen functional groups attached to an aromatic ring is 1. The van der Waals surface area contributed by atoms with Gasteiger partial charge in [-0.25, -0.2) is 9.97 Å². The Morgan fingerprint density at radius 1 is 1.05 bits per heavy atom. The standard InChI is InChI=1S/C15H12N4O/c16-14-12(8-20)15(18-9-17-14)19-13-7-3-5-10-4-1-2-6-11(10)13/h1-9H,(H3,16,17,18,19). The van der Waals surface area contributed by atoms with Gasteiger partial charge in [-0.2, -0.15) is 0 Å². The fraction of sp³-hybridized carbons (Fsp3) is 0. The van der Waals surface area contributed by atoms with Gasteiger partial charge in [-0.15, -0.1) is 0 Å². The SMILES string of the molecule is Nc1ncnc(Nc2cccc3ccccc23)c1C=O. The quantitative estimate of drug-likeness (QED) is 0.711. The predicted octanol–water partition coefficient (Wildman–Crippen LogP) is 2.77. The normalized spacial score (nSPS) is 10.4. The number of benzene rings is 2. The van der Waals surface area contributed by atoms with E-state index >= 15 is 0 Å². The molecule has 0 amide bonds. The molecule has 20 heavy (non-hydrogen) atoms. The first-order chi connectivity index (χ1) is 9.79. The van der Waals surface area contributed by atoms with Crippen LogP contribution in [0.1, 0.15) is 10.4 Å². The van der Waals surface area contributed by atoms with Crippen LogP contribution < -0.4 is 11.1 Å². The molecule has 3 rings (SSSR count). The summed E-state index contributed by atoms with van der Waals surface area (Å²) in [5.74, 6) is 0.571. The monoisotopic (exact) mass is 264 g/mol. The Labute approximate surface area is 115 Å². The smallest absolute Gasteiger partial charge is 0.157 e. The molecule has 3 aromatic rings. The molecule has 0 spiro atoms. The Bertz CT molecular complexity index is 780. The van der Waals surface area contributed by atoms with Crippen molar-refractivity contribution in [2.45, 2.75) is 0 Å². The average molecular weight is 264 g/mol. The molecule has 1 heterocycles. The Morgan fingerprint density at radius 2 is 1.85 bits per heavy atom. The first-order valence-electron chi connectivity index (χ1n) is 6.10. The maximum atomic E-state index is 11.1. The van der Waals surface area contributed by atoms with Crippen molar-refractivity contribution in [1.82, 2.24) is 9.97 Å². The van der Waals surface area contributed by atoms with E-state index in [1.54, 1.807) is 0 Å². The molecule has 0 aliphatic heterocycles. The van der Waals surface area contributed by atoms with Crippen molar-refractivity contribution in [3.05, 3.63) is 54.4 Å². The van der Waals surface area contributed by atoms with Gasteiger partial charge in [-0.05, 0) is 11.5 Å². The Morgan fingerprint density at radius 3 is 2.70 bits per heavy atom. The lowest BCUT2D eigenvalue weighted by Gasteiger charge is -2.11. The highest BCUT2D eigenvalue weighted by molar-refractivity contribution is 5.97. The van der Waals surface area contributed by atoms with Gasteiger partial charge in [0.2, 0.25) is 0 Å². The van der Waals surface area contributed by atoms with E-state index in [9.17, 15) is 4.79 Å². The number of carbonyl (C=O) groups excluding carboxylic acids is 1. The summed E-state index contributed by atoms with van der Waals surface area (Å²) >= 11 is 0. The fourth-order valence-electron chi connectivity index (χ4n) is 2.09. The van der Waals surface area contributed by atoms with E-state index in [4.69, 9.17) is 5.73 Å². The molecule has 0 radical (unpaired) electrons. The maximum Gasteiger partial charge on any atom is 0.157 e. The van der Waals surface area contributed by atoms with Crippen LogP contribution in [0.4, 0.5) is 17.3 Å². The Balaban J connectivity index is 2.10. The summed E-state index contributed by atoms with van der Waals surface area (Å²) in [5, 5.41) is 5.29. The zero-order valence-electron chi connectivity index (χ0n) is 10.6. The van der Waals surface area contributed by atoms with E-state index in [-0.39, 0.29) is 11.4 Å². The van der Waals surface area contributed by atoms with Gasteiger partial charge >= 0.3 is 0 Å². The predicted molar refractivity (Wildman–Crippen MR) is 79.1 cm³/mol. The third-order valence-corrected chi connectivity index (χ3v) is 3.08. The maximum absolute atomic E-state index is 11.1. The van der Waals surface area contributed by atoms with E-state index in [1.807, 2.05) is 42.5 Å². The lowest BCUT2D eigenvalue weighted by Crippen LogP contribution is -2.04. The molecular weight excluding hydrogens is 252 g/mol. The number of nitrogens with two attached hydrogens (primary N) is 1. The summed E-state index contributed by atoms with van der Waals surface area (Å²) in [6.45, 7) is 0. The highest BCUT2D eigenvalue weighted by atomic mass is 16.1. The van der Waals surface area contributed by atoms with Crippen molar-refractivity contribution >= 4 is 34.4 Å². The number of hydrogen-bond acceptors (Lipinski definition) is 5. The van der Waals surface area contributed by atoms with Crippen LogP contribution in [0.15, 0.2) is 48.8 Å². The van der Waals surface area contributed by atoms with E-state index in [0.29, 0.717) is 12.1 Å². The zero-order valence-corrected chi connectivity index (χ0v) is 10.6. The number of fused-ring (bicyclic) bond motifs is 1. The molecule has 0 fully saturated rings. The molecule has 0 aliphatic rings. The van der Waals surface area contributed by atoms with Crippen LogP contribution in [-0.4, -0.2) is 16.3 Å². The van der Waals surface area contributed by atoms with Gasteiger partial charge in [-0.3, -0.25) is 4.79 Å². The van der Waals surface area contributed by atoms with E-state index in [2.05, 4.69) is 15.3 Å². The van der Waals surface area contributed by atoms with Crippen molar-refractivity contribution in [2.75, 3.05) is 11.1 Å². The lowest BCUT2D eigenvalue weighted by molar-refractivity contribution is 0.112. The lowest BCUT2D eigenvalue weighted by atomic mass is 10.1. The minimum absolute atomic E-state index is 0.165. The molecule has 5 nitrogen and oxygen atoms in total. The van der Waals surface area contributed by atoms with Gasteiger partial charge in [-0.1, -0.05) is 36.4 Å². The van der Waals surface area contributed by atoms with Gasteiger partial charge < -0.3 is 11.1 Å². The van der Waals surface area contributed by atoms with Gasteiger partial charge in [0, 0.05) is 11.1 Å². The molecule has 98 valence electrons. The number of carbonyl (C=O) groups is 1. The summed E-state index contributed by atoms with van der Waals surface area (Å²) in [4.78, 5) is 19.0. The molecule has 0 unspecified atom stereocenters. The minimum atomic E-state index is 0.165. The molecule has 0 atom stereocenters. The highest BCUT2D eigenvalue weighted by Gasteiger charge is 2.09. The summed E-state index contributed by atoms with van der Waals surface area (Å²) in [7, 11) is 0. The summed E-state index contributed by atoms with van der Waals surface area (Å²) in [5.41, 5.74) is 6.81. The number of aromatic nitrogens is 2. The van der Waals surface area contributed by atoms with Crippen molar-refractivity contribution in [3.8, 4) is 0 Å². The van der Waals surface area contributed by atoms with Crippen molar-refractivity contribution in [3.63, 3.8) is 0 Å². The van der Waals surface area contributed by atoms with Crippen LogP contribution in [0.25, 0.3) is 10.8 Å². The summed E-state index contributed by atoms with van der Waals surface area (Å²) in [6.07, 6.45) is 1.98. The third-order valence-electron chi connectivity index (χ3n) is 3.08. The molecule has 1 aromatic heterocycles. The van der Waals surface area contributed by atoms with Gasteiger partial charge in [0.1, 0.15) is 18.0 Å². The van der Waals surface area contributed by atoms with Crippen LogP contribution in [0.5, 0.6) is 0 Å². The third kappa shape index (κ3) is 2.05. The topological polar surface area (TPSA) is 80.9 Å². The number of rotatable bonds is 3. The van der Waals surface area contributed by atoms with Crippen LogP contribution in [0.2, 0.25) is 0 Å². The second kappa shape index (κ2) is 4.97. The zero-order chi connectivity index (χ0) is 13.9. The average Bonchev–Trinajstić information content (AvgIpc) is 2.48. The van der Waals surface area contributed by atoms with E-state index < -0.39 is 0 Å². The minimum Gasteiger partial charge on any atom is -0.383 e. The van der Waals surface area contributed by atoms with Crippen LogP contribution in [0.3, 0.4) is 0 Å². The van der Waals surface area contributed by atoms with Crippen LogP contribution in [-0.2, 0) is 0 Å². The van der Waals surface area contributed by atoms with E-state index in [0.717, 1.165) is 16.5 Å². The summed E-state index contributed by atoms with van der Waals surface area (Å²) < 4.78 is 0. The molecule has 0 saturated heterocycles. The number of nitrogens with one attached hydrogen (secondary N) is 1. The van der Waals surface area contributed by atoms with Gasteiger partial charge in [0.05, 0.1) is 5.56 Å². The van der Waals surface area contributed by atoms with Gasteiger partial charge in [0.15, 0.2) is 6.29 Å². The molecule has 3 N–H and O–H groups in total. The first kappa shape index (κ1) is 12.1. The largest absolute Gasteiger partial charge is 0.383 e. The number of anilines is 3. The number of nitrogens with zero attached hydrogens (tertiary/aromatic N) is 2. The Kier molecular flexibility index (Phi) is 3.01. The number of hydrogen-bond donors (Lipinski definition) is 2. The molecule has 2 aromatic carbocycles. The molecule has 0 saturated carbocycles. The van der Waals surface area contributed by atoms with Crippen LogP contribution in [0, 0.1) is 0 Å². The molecule has 5 heteroatoms. The van der Waals surface area contributed by atoms with E-state index in [1.165, 1.54) is 6.33 Å². The first-order valence-corrected chi connectivity index (χ1v) is 6.10. The molecular formula is C15H12N4O. The second-order valence-corrected chi connectivity index (χ2v) is 4.29. The van der Waals surface area contributed by atoms with Crippen LogP contribution >= 0.6 is 0 Å². The van der Waals surface area contributed by atoms with Crippen molar-refractivity contribution in [2.24, 2.45) is 0 Å². The fourth-order valence-corrected chi connectivity index (χ4v) is 2.09. The Hall–Kier alpha value is -2.95. The van der Waals surface area contributed by atoms with Crippen molar-refractivity contribution < 1.29 is 4.79 Å².